The van der Waals surface area contributed by atoms with Crippen molar-refractivity contribution in [2.45, 2.75) is 18.9 Å². The van der Waals surface area contributed by atoms with Gasteiger partial charge in [-0.3, -0.25) is 4.55 Å². The molecule has 2 rings (SSSR count). The summed E-state index contributed by atoms with van der Waals surface area (Å²) in [5, 5.41) is 0. The van der Waals surface area contributed by atoms with E-state index < -0.39 is 10.3 Å². The van der Waals surface area contributed by atoms with Crippen LogP contribution in [0.25, 0.3) is 0 Å². The molecule has 0 aromatic heterocycles. The maximum absolute atomic E-state index is 11.3. The van der Waals surface area contributed by atoms with Gasteiger partial charge >= 0.3 is 10.3 Å². The Kier molecular flexibility index (Phi) is 3.20. The molecule has 17 heavy (non-hydrogen) atoms. The standard InChI is InChI=1S/C12H13NO3S/c1-2-9-13(17(14,15)16)12-8-7-10-5-3-4-6-11(10)12/h1,3-6,12H,7-9H2,(H,14,15,16). The molecule has 4 nitrogen and oxygen atoms in total. The van der Waals surface area contributed by atoms with E-state index in [-0.39, 0.29) is 12.6 Å². The summed E-state index contributed by atoms with van der Waals surface area (Å²) in [7, 11) is -4.26. The van der Waals surface area contributed by atoms with E-state index in [1.54, 1.807) is 0 Å². The quantitative estimate of drug-likeness (QED) is 0.653. The Bertz CT molecular complexity index is 559. The van der Waals surface area contributed by atoms with Gasteiger partial charge in [-0.1, -0.05) is 30.2 Å². The highest BCUT2D eigenvalue weighted by Gasteiger charge is 2.33. The highest BCUT2D eigenvalue weighted by Crippen LogP contribution is 2.36. The summed E-state index contributed by atoms with van der Waals surface area (Å²) in [6.07, 6.45) is 6.60. The first-order chi connectivity index (χ1) is 8.04. The molecule has 0 bridgehead atoms. The van der Waals surface area contributed by atoms with Gasteiger partial charge in [0.15, 0.2) is 0 Å². The summed E-state index contributed by atoms with van der Waals surface area (Å²) in [6.45, 7) is -0.113. The highest BCUT2D eigenvalue weighted by molar-refractivity contribution is 7.83. The van der Waals surface area contributed by atoms with Crippen molar-refractivity contribution in [3.63, 3.8) is 0 Å². The van der Waals surface area contributed by atoms with Crippen LogP contribution in [0, 0.1) is 12.3 Å². The summed E-state index contributed by atoms with van der Waals surface area (Å²) < 4.78 is 32.8. The molecule has 0 saturated carbocycles. The molecule has 0 radical (unpaired) electrons. The van der Waals surface area contributed by atoms with Crippen molar-refractivity contribution in [3.05, 3.63) is 35.4 Å². The first-order valence-corrected chi connectivity index (χ1v) is 6.69. The normalized spacial score (nSPS) is 19.0. The minimum Gasteiger partial charge on any atom is -0.273 e. The molecule has 0 spiro atoms. The zero-order valence-electron chi connectivity index (χ0n) is 9.20. The number of hydrogen-bond donors (Lipinski definition) is 1. The van der Waals surface area contributed by atoms with Crippen LogP contribution < -0.4 is 0 Å². The van der Waals surface area contributed by atoms with Gasteiger partial charge in [-0.2, -0.15) is 12.7 Å². The molecule has 1 aliphatic carbocycles. The Morgan fingerprint density at radius 1 is 1.47 bits per heavy atom. The minimum atomic E-state index is -4.26. The number of nitrogens with zero attached hydrogens (tertiary/aromatic N) is 1. The lowest BCUT2D eigenvalue weighted by Gasteiger charge is -2.23. The van der Waals surface area contributed by atoms with E-state index in [9.17, 15) is 13.0 Å². The van der Waals surface area contributed by atoms with Crippen molar-refractivity contribution in [2.75, 3.05) is 6.54 Å². The van der Waals surface area contributed by atoms with E-state index in [2.05, 4.69) is 5.92 Å². The topological polar surface area (TPSA) is 57.6 Å². The van der Waals surface area contributed by atoms with Crippen molar-refractivity contribution in [2.24, 2.45) is 0 Å². The van der Waals surface area contributed by atoms with Gasteiger partial charge in [-0.05, 0) is 24.0 Å². The number of rotatable bonds is 3. The Morgan fingerprint density at radius 3 is 2.82 bits per heavy atom. The van der Waals surface area contributed by atoms with E-state index in [1.807, 2.05) is 24.3 Å². The zero-order chi connectivity index (χ0) is 12.5. The second-order valence-corrected chi connectivity index (χ2v) is 5.35. The molecule has 1 aliphatic rings. The average Bonchev–Trinajstić information content (AvgIpc) is 2.68. The van der Waals surface area contributed by atoms with Gasteiger partial charge in [-0.25, -0.2) is 0 Å². The number of hydrogen-bond acceptors (Lipinski definition) is 2. The first kappa shape index (κ1) is 12.1. The van der Waals surface area contributed by atoms with E-state index in [4.69, 9.17) is 6.42 Å². The molecule has 5 heteroatoms. The Hall–Kier alpha value is -1.35. The van der Waals surface area contributed by atoms with Crippen LogP contribution in [0.1, 0.15) is 23.6 Å². The number of fused-ring (bicyclic) bond motifs is 1. The molecule has 0 aliphatic heterocycles. The van der Waals surface area contributed by atoms with Crippen LogP contribution in [0.2, 0.25) is 0 Å². The van der Waals surface area contributed by atoms with Crippen LogP contribution in [-0.2, 0) is 16.7 Å². The SMILES string of the molecule is C#CCN(C1CCc2ccccc21)S(=O)(=O)O. The van der Waals surface area contributed by atoms with Crippen molar-refractivity contribution >= 4 is 10.3 Å². The molecule has 0 amide bonds. The third-order valence-corrected chi connectivity index (χ3v) is 3.97. The molecule has 0 heterocycles. The largest absolute Gasteiger partial charge is 0.337 e. The molecule has 1 N–H and O–H groups in total. The number of benzene rings is 1. The second kappa shape index (κ2) is 4.49. The molecule has 1 atom stereocenters. The van der Waals surface area contributed by atoms with Crippen LogP contribution in [-0.4, -0.2) is 23.8 Å². The second-order valence-electron chi connectivity index (χ2n) is 3.98. The lowest BCUT2D eigenvalue weighted by Crippen LogP contribution is -2.33. The van der Waals surface area contributed by atoms with Crippen LogP contribution in [0.3, 0.4) is 0 Å². The van der Waals surface area contributed by atoms with Gasteiger partial charge < -0.3 is 0 Å². The van der Waals surface area contributed by atoms with Crippen molar-refractivity contribution in [1.82, 2.24) is 4.31 Å². The fourth-order valence-electron chi connectivity index (χ4n) is 2.28. The van der Waals surface area contributed by atoms with Gasteiger partial charge in [0.05, 0.1) is 12.6 Å². The fraction of sp³-hybridized carbons (Fsp3) is 0.333. The van der Waals surface area contributed by atoms with Crippen molar-refractivity contribution in [3.8, 4) is 12.3 Å². The van der Waals surface area contributed by atoms with Crippen LogP contribution in [0.5, 0.6) is 0 Å². The van der Waals surface area contributed by atoms with Crippen molar-refractivity contribution in [1.29, 1.82) is 0 Å². The average molecular weight is 251 g/mol. The van der Waals surface area contributed by atoms with Gasteiger partial charge in [0.1, 0.15) is 0 Å². The summed E-state index contributed by atoms with van der Waals surface area (Å²) in [4.78, 5) is 0. The molecular formula is C12H13NO3S. The summed E-state index contributed by atoms with van der Waals surface area (Å²) in [5.41, 5.74) is 2.04. The molecule has 1 aromatic rings. The Morgan fingerprint density at radius 2 is 2.18 bits per heavy atom. The summed E-state index contributed by atoms with van der Waals surface area (Å²) >= 11 is 0. The Balaban J connectivity index is 2.39. The predicted molar refractivity (Wildman–Crippen MR) is 64.6 cm³/mol. The third-order valence-electron chi connectivity index (χ3n) is 2.99. The number of aryl methyl sites for hydroxylation is 1. The molecule has 1 aromatic carbocycles. The van der Waals surface area contributed by atoms with Gasteiger partial charge in [-0.15, -0.1) is 6.42 Å². The Labute approximate surface area is 101 Å². The number of terminal acetylenes is 1. The lowest BCUT2D eigenvalue weighted by molar-refractivity contribution is 0.309. The monoisotopic (exact) mass is 251 g/mol. The van der Waals surface area contributed by atoms with E-state index in [0.29, 0.717) is 6.42 Å². The first-order valence-electron chi connectivity index (χ1n) is 5.29. The van der Waals surface area contributed by atoms with Crippen LogP contribution >= 0.6 is 0 Å². The van der Waals surface area contributed by atoms with Crippen LogP contribution in [0.15, 0.2) is 24.3 Å². The third kappa shape index (κ3) is 2.34. The predicted octanol–water partition coefficient (Wildman–Crippen LogP) is 1.41. The molecule has 1 unspecified atom stereocenters. The lowest BCUT2D eigenvalue weighted by atomic mass is 10.1. The smallest absolute Gasteiger partial charge is 0.273 e. The molecule has 0 fully saturated rings. The molecular weight excluding hydrogens is 238 g/mol. The highest BCUT2D eigenvalue weighted by atomic mass is 32.2. The van der Waals surface area contributed by atoms with Crippen LogP contribution in [0.4, 0.5) is 0 Å². The zero-order valence-corrected chi connectivity index (χ0v) is 10.0. The van der Waals surface area contributed by atoms with E-state index in [0.717, 1.165) is 21.9 Å². The molecule has 0 saturated heterocycles. The fourth-order valence-corrected chi connectivity index (χ4v) is 3.05. The maximum atomic E-state index is 11.3. The minimum absolute atomic E-state index is 0.113. The van der Waals surface area contributed by atoms with Gasteiger partial charge in [0.2, 0.25) is 0 Å². The van der Waals surface area contributed by atoms with Gasteiger partial charge in [0, 0.05) is 0 Å². The summed E-state index contributed by atoms with van der Waals surface area (Å²) in [6, 6.07) is 7.27. The molecule has 90 valence electrons. The van der Waals surface area contributed by atoms with Gasteiger partial charge in [0.25, 0.3) is 0 Å². The maximum Gasteiger partial charge on any atom is 0.337 e. The van der Waals surface area contributed by atoms with Crippen molar-refractivity contribution < 1.29 is 13.0 Å². The van der Waals surface area contributed by atoms with E-state index >= 15 is 0 Å². The van der Waals surface area contributed by atoms with E-state index in [1.165, 1.54) is 0 Å². The summed E-state index contributed by atoms with van der Waals surface area (Å²) in [5.74, 6) is 2.27.